The average Bonchev–Trinajstić information content (AvgIpc) is 2.24. The lowest BCUT2D eigenvalue weighted by atomic mass is 9.95. The summed E-state index contributed by atoms with van der Waals surface area (Å²) in [6.07, 6.45) is 0. The van der Waals surface area contributed by atoms with Crippen LogP contribution in [0.3, 0.4) is 0 Å². The van der Waals surface area contributed by atoms with Crippen LogP contribution < -0.4 is 0 Å². The molecule has 0 saturated carbocycles. The van der Waals surface area contributed by atoms with Gasteiger partial charge in [0.25, 0.3) is 0 Å². The molecule has 0 spiro atoms. The van der Waals surface area contributed by atoms with E-state index < -0.39 is 51.6 Å². The molecule has 0 amide bonds. The topological polar surface area (TPSA) is 51.2 Å². The average molecular weight is 394 g/mol. The maximum absolute atomic E-state index is 12.8. The second-order valence-electron chi connectivity index (χ2n) is 3.96. The first-order valence-corrected chi connectivity index (χ1v) is 6.22. The summed E-state index contributed by atoms with van der Waals surface area (Å²) >= 11 is 0. The van der Waals surface area contributed by atoms with Crippen molar-refractivity contribution in [3.8, 4) is 0 Å². The van der Waals surface area contributed by atoms with Crippen LogP contribution in [-0.4, -0.2) is 49.8 Å². The minimum atomic E-state index is -7.85. The first-order chi connectivity index (χ1) is 9.65. The highest BCUT2D eigenvalue weighted by molar-refractivity contribution is 7.86. The molecule has 0 aromatic carbocycles. The van der Waals surface area contributed by atoms with Gasteiger partial charge in [-0.3, -0.25) is 4.79 Å². The number of rotatable bonds is 7. The second-order valence-corrected chi connectivity index (χ2v) is 5.33. The zero-order chi connectivity index (χ0) is 19.3. The molecule has 0 heterocycles. The molecule has 0 rings (SSSR count). The zero-order valence-corrected chi connectivity index (χ0v) is 10.7. The van der Waals surface area contributed by atoms with Gasteiger partial charge in [-0.25, -0.2) is 0 Å². The van der Waals surface area contributed by atoms with E-state index in [-0.39, 0.29) is 0 Å². The van der Waals surface area contributed by atoms with Gasteiger partial charge < -0.3 is 0 Å². The van der Waals surface area contributed by atoms with Crippen molar-refractivity contribution in [2.75, 3.05) is 5.75 Å². The molecule has 0 saturated heterocycles. The Morgan fingerprint density at radius 2 is 1.09 bits per heavy atom. The number of carbonyl (C=O) groups excluding carboxylic acids is 1. The van der Waals surface area contributed by atoms with Gasteiger partial charge in [0.05, 0.1) is 0 Å². The first-order valence-electron chi connectivity index (χ1n) is 4.66. The molecule has 23 heavy (non-hydrogen) atoms. The third-order valence-corrected chi connectivity index (χ3v) is 2.95. The highest BCUT2D eigenvalue weighted by atomic mass is 32.3. The Kier molecular flexibility index (Phi) is 5.12. The summed E-state index contributed by atoms with van der Waals surface area (Å²) in [5.74, 6) is -40.9. The van der Waals surface area contributed by atoms with Crippen LogP contribution in [0, 0.1) is 0 Å². The lowest BCUT2D eigenvalue weighted by molar-refractivity contribution is -0.392. The molecule has 0 fully saturated rings. The molecule has 3 nitrogen and oxygen atoms in total. The molecule has 16 heteroatoms. The normalized spacial score (nSPS) is 15.7. The van der Waals surface area contributed by atoms with Gasteiger partial charge in [-0.1, -0.05) is 0 Å². The van der Waals surface area contributed by atoms with Crippen molar-refractivity contribution in [2.24, 2.45) is 0 Å². The Morgan fingerprint density at radius 3 is 1.35 bits per heavy atom. The predicted octanol–water partition coefficient (Wildman–Crippen LogP) is 2.96. The van der Waals surface area contributed by atoms with Gasteiger partial charge in [0.2, 0.25) is 0 Å². The number of carbonyl (C=O) groups is 1. The number of alkyl halides is 10. The summed E-state index contributed by atoms with van der Waals surface area (Å²) in [6.45, 7) is 0. The van der Waals surface area contributed by atoms with E-state index >= 15 is 0 Å². The van der Waals surface area contributed by atoms with Gasteiger partial charge >= 0.3 is 45.9 Å². The van der Waals surface area contributed by atoms with E-state index in [4.69, 9.17) is 0 Å². The molecule has 0 unspecified atom stereocenters. The largest absolute Gasteiger partial charge is 0.404 e. The van der Waals surface area contributed by atoms with Crippen molar-refractivity contribution in [1.29, 1.82) is 0 Å². The van der Waals surface area contributed by atoms with Gasteiger partial charge in [0.15, 0.2) is 0 Å². The number of hydrogen-bond donors (Lipinski definition) is 0. The van der Waals surface area contributed by atoms with Crippen LogP contribution in [0.5, 0.6) is 0 Å². The smallest absolute Gasteiger partial charge is 0.254 e. The molecule has 0 aliphatic heterocycles. The van der Waals surface area contributed by atoms with Crippen LogP contribution in [0.4, 0.5) is 52.2 Å². The minimum absolute atomic E-state index is 3.77. The maximum Gasteiger partial charge on any atom is 0.404 e. The van der Waals surface area contributed by atoms with Crippen LogP contribution in [0.1, 0.15) is 0 Å². The van der Waals surface area contributed by atoms with Gasteiger partial charge in [0.1, 0.15) is 5.75 Å². The standard InChI is InChI=1S/C7H2F12O3S/c8-2(20)4(11,12)6(15,16)7(17,18)5(13,14)3(9,10)1-23(19,21)22/h1H2. The summed E-state index contributed by atoms with van der Waals surface area (Å²) in [7, 11) is -6.66. The Morgan fingerprint density at radius 1 is 0.739 bits per heavy atom. The van der Waals surface area contributed by atoms with E-state index in [0.717, 1.165) is 0 Å². The van der Waals surface area contributed by atoms with Crippen LogP contribution in [0.2, 0.25) is 0 Å². The predicted molar refractivity (Wildman–Crippen MR) is 45.7 cm³/mol. The second kappa shape index (κ2) is 5.41. The first kappa shape index (κ1) is 21.8. The fraction of sp³-hybridized carbons (Fsp3) is 0.857. The molecule has 0 aliphatic rings. The zero-order valence-electron chi connectivity index (χ0n) is 9.88. The number of hydrogen-bond acceptors (Lipinski definition) is 3. The lowest BCUT2D eigenvalue weighted by Gasteiger charge is -2.37. The van der Waals surface area contributed by atoms with E-state index in [1.54, 1.807) is 0 Å². The van der Waals surface area contributed by atoms with Gasteiger partial charge in [0, 0.05) is 0 Å². The van der Waals surface area contributed by atoms with Gasteiger partial charge in [-0.15, -0.1) is 3.89 Å². The Balaban J connectivity index is 6.22. The van der Waals surface area contributed by atoms with Crippen LogP contribution in [0.15, 0.2) is 0 Å². The van der Waals surface area contributed by atoms with Crippen molar-refractivity contribution in [1.82, 2.24) is 0 Å². The van der Waals surface area contributed by atoms with Crippen molar-refractivity contribution in [3.63, 3.8) is 0 Å². The fourth-order valence-electron chi connectivity index (χ4n) is 1.05. The Bertz CT molecular complexity index is 579. The Hall–Kier alpha value is -1.22. The maximum atomic E-state index is 12.8. The minimum Gasteiger partial charge on any atom is -0.254 e. The summed E-state index contributed by atoms with van der Waals surface area (Å²) in [4.78, 5) is 9.55. The monoisotopic (exact) mass is 394 g/mol. The molecule has 0 bridgehead atoms. The van der Waals surface area contributed by atoms with Crippen molar-refractivity contribution < 1.29 is 65.4 Å². The van der Waals surface area contributed by atoms with Crippen LogP contribution in [-0.2, 0) is 15.0 Å². The third-order valence-electron chi connectivity index (χ3n) is 2.24. The van der Waals surface area contributed by atoms with E-state index in [1.807, 2.05) is 0 Å². The lowest BCUT2D eigenvalue weighted by Crippen LogP contribution is -2.69. The van der Waals surface area contributed by atoms with Crippen molar-refractivity contribution >= 4 is 16.3 Å². The van der Waals surface area contributed by atoms with Crippen LogP contribution in [0.25, 0.3) is 0 Å². The quantitative estimate of drug-likeness (QED) is 0.493. The molecule has 0 atom stereocenters. The summed E-state index contributed by atoms with van der Waals surface area (Å²) in [5.41, 5.74) is 0. The van der Waals surface area contributed by atoms with E-state index in [9.17, 15) is 65.4 Å². The Labute approximate surface area is 118 Å². The molecular formula is C7H2F12O3S. The summed E-state index contributed by atoms with van der Waals surface area (Å²) < 4.78 is 170. The highest BCUT2D eigenvalue weighted by Gasteiger charge is 2.88. The molecule has 138 valence electrons. The summed E-state index contributed by atoms with van der Waals surface area (Å²) in [6, 6.07) is -4.56. The van der Waals surface area contributed by atoms with Gasteiger partial charge in [-0.05, 0) is 0 Å². The fourth-order valence-corrected chi connectivity index (χ4v) is 1.67. The van der Waals surface area contributed by atoms with E-state index in [1.165, 1.54) is 0 Å². The molecule has 0 aromatic heterocycles. The van der Waals surface area contributed by atoms with E-state index in [2.05, 4.69) is 0 Å². The molecule has 0 N–H and O–H groups in total. The molecular weight excluding hydrogens is 392 g/mol. The van der Waals surface area contributed by atoms with Crippen LogP contribution >= 0.6 is 0 Å². The van der Waals surface area contributed by atoms with Crippen molar-refractivity contribution in [3.05, 3.63) is 0 Å². The number of halogens is 12. The van der Waals surface area contributed by atoms with Crippen molar-refractivity contribution in [2.45, 2.75) is 29.6 Å². The third kappa shape index (κ3) is 3.35. The molecule has 0 aromatic rings. The highest BCUT2D eigenvalue weighted by Crippen LogP contribution is 2.57. The molecule has 0 radical (unpaired) electrons. The summed E-state index contributed by atoms with van der Waals surface area (Å²) in [5, 5.41) is 0. The molecule has 0 aliphatic carbocycles. The van der Waals surface area contributed by atoms with Gasteiger partial charge in [-0.2, -0.15) is 56.7 Å². The SMILES string of the molecule is O=C(F)C(F)(F)C(F)(F)C(F)(F)C(F)(F)C(F)(F)CS(=O)(=O)F. The van der Waals surface area contributed by atoms with E-state index in [0.29, 0.717) is 0 Å².